The molecule has 1 fully saturated rings. The Hall–Kier alpha value is -2.86. The molecule has 142 valence electrons. The lowest BCUT2D eigenvalue weighted by molar-refractivity contribution is -0.115. The van der Waals surface area contributed by atoms with Crippen LogP contribution in [0.3, 0.4) is 0 Å². The zero-order valence-corrected chi connectivity index (χ0v) is 15.4. The molecule has 0 bridgehead atoms. The number of methoxy groups -OCH3 is 1. The molecule has 0 aromatic heterocycles. The quantitative estimate of drug-likeness (QED) is 0.788. The van der Waals surface area contributed by atoms with Crippen molar-refractivity contribution in [2.24, 2.45) is 0 Å². The van der Waals surface area contributed by atoms with Gasteiger partial charge in [-0.2, -0.15) is 0 Å². The van der Waals surface area contributed by atoms with Crippen molar-refractivity contribution in [2.45, 2.75) is 25.4 Å². The van der Waals surface area contributed by atoms with E-state index in [1.54, 1.807) is 31.4 Å². The Labute approximate surface area is 158 Å². The predicted octanol–water partition coefficient (Wildman–Crippen LogP) is 2.79. The number of nitrogens with one attached hydrogen (secondary N) is 2. The fourth-order valence-electron chi connectivity index (χ4n) is 2.95. The average Bonchev–Trinajstić information content (AvgIpc) is 3.21. The summed E-state index contributed by atoms with van der Waals surface area (Å²) in [5, 5.41) is 5.72. The minimum atomic E-state index is -0.137. The van der Waals surface area contributed by atoms with E-state index in [4.69, 9.17) is 9.47 Å². The number of ether oxygens (including phenoxy) is 2. The highest BCUT2D eigenvalue weighted by Gasteiger charge is 2.16. The van der Waals surface area contributed by atoms with E-state index in [0.29, 0.717) is 17.8 Å². The minimum absolute atomic E-state index is 0.115. The lowest BCUT2D eigenvalue weighted by Crippen LogP contribution is -2.31. The number of amides is 2. The standard InChI is InChI=1S/C21H24N2O4/c1-26-18-10-4-15(5-11-18)13-20(24)23-17-8-6-16(7-9-17)21(25)22-14-19-3-2-12-27-19/h4-11,19H,2-3,12-14H2,1H3,(H,22,25)(H,23,24)/t19-/m0/s1. The molecule has 0 radical (unpaired) electrons. The van der Waals surface area contributed by atoms with Crippen LogP contribution in [0.2, 0.25) is 0 Å². The first-order chi connectivity index (χ1) is 13.1. The second kappa shape index (κ2) is 9.19. The first kappa shape index (κ1) is 18.9. The van der Waals surface area contributed by atoms with E-state index in [1.165, 1.54) is 0 Å². The molecule has 0 aliphatic carbocycles. The highest BCUT2D eigenvalue weighted by atomic mass is 16.5. The smallest absolute Gasteiger partial charge is 0.251 e. The molecule has 0 saturated carbocycles. The summed E-state index contributed by atoms with van der Waals surface area (Å²) in [6.07, 6.45) is 2.42. The number of anilines is 1. The van der Waals surface area contributed by atoms with Gasteiger partial charge in [-0.15, -0.1) is 0 Å². The summed E-state index contributed by atoms with van der Waals surface area (Å²) < 4.78 is 10.6. The van der Waals surface area contributed by atoms with Crippen LogP contribution in [0.25, 0.3) is 0 Å². The maximum absolute atomic E-state index is 12.2. The fraction of sp³-hybridized carbons (Fsp3) is 0.333. The molecule has 2 aromatic carbocycles. The normalized spacial score (nSPS) is 16.0. The van der Waals surface area contributed by atoms with Gasteiger partial charge in [0.25, 0.3) is 5.91 Å². The van der Waals surface area contributed by atoms with Gasteiger partial charge in [0.15, 0.2) is 0 Å². The van der Waals surface area contributed by atoms with Gasteiger partial charge in [-0.25, -0.2) is 0 Å². The van der Waals surface area contributed by atoms with Crippen molar-refractivity contribution in [1.29, 1.82) is 0 Å². The van der Waals surface area contributed by atoms with E-state index >= 15 is 0 Å². The van der Waals surface area contributed by atoms with Crippen LogP contribution in [0.1, 0.15) is 28.8 Å². The highest BCUT2D eigenvalue weighted by Crippen LogP contribution is 2.14. The van der Waals surface area contributed by atoms with Gasteiger partial charge in [0.05, 0.1) is 19.6 Å². The van der Waals surface area contributed by atoms with Gasteiger partial charge in [-0.3, -0.25) is 9.59 Å². The van der Waals surface area contributed by atoms with E-state index in [-0.39, 0.29) is 24.3 Å². The molecule has 1 atom stereocenters. The van der Waals surface area contributed by atoms with Crippen molar-refractivity contribution < 1.29 is 19.1 Å². The van der Waals surface area contributed by atoms with Crippen LogP contribution in [-0.4, -0.2) is 38.2 Å². The zero-order chi connectivity index (χ0) is 19.1. The molecule has 2 N–H and O–H groups in total. The number of benzene rings is 2. The van der Waals surface area contributed by atoms with Gasteiger partial charge in [-0.1, -0.05) is 12.1 Å². The number of hydrogen-bond acceptors (Lipinski definition) is 4. The van der Waals surface area contributed by atoms with Gasteiger partial charge < -0.3 is 20.1 Å². The van der Waals surface area contributed by atoms with Crippen LogP contribution < -0.4 is 15.4 Å². The number of carbonyl (C=O) groups excluding carboxylic acids is 2. The second-order valence-corrected chi connectivity index (χ2v) is 6.50. The molecule has 0 spiro atoms. The fourth-order valence-corrected chi connectivity index (χ4v) is 2.95. The van der Waals surface area contributed by atoms with E-state index in [0.717, 1.165) is 30.8 Å². The first-order valence-corrected chi connectivity index (χ1v) is 9.06. The molecule has 2 amide bonds. The minimum Gasteiger partial charge on any atom is -0.497 e. The summed E-state index contributed by atoms with van der Waals surface area (Å²) in [6, 6.07) is 14.2. The number of rotatable bonds is 7. The Morgan fingerprint density at radius 3 is 2.48 bits per heavy atom. The molecule has 1 heterocycles. The summed E-state index contributed by atoms with van der Waals surface area (Å²) in [5.74, 6) is 0.505. The van der Waals surface area contributed by atoms with E-state index in [2.05, 4.69) is 10.6 Å². The molecule has 6 heteroatoms. The molecule has 0 unspecified atom stereocenters. The van der Waals surface area contributed by atoms with Gasteiger partial charge in [0.1, 0.15) is 5.75 Å². The summed E-state index contributed by atoms with van der Waals surface area (Å²) in [5.41, 5.74) is 2.11. The Kier molecular flexibility index (Phi) is 6.44. The van der Waals surface area contributed by atoms with Crippen LogP contribution in [0.15, 0.2) is 48.5 Å². The van der Waals surface area contributed by atoms with Gasteiger partial charge >= 0.3 is 0 Å². The van der Waals surface area contributed by atoms with Crippen molar-refractivity contribution in [1.82, 2.24) is 5.32 Å². The molecule has 3 rings (SSSR count). The average molecular weight is 368 g/mol. The molecular formula is C21H24N2O4. The predicted molar refractivity (Wildman–Crippen MR) is 103 cm³/mol. The number of hydrogen-bond donors (Lipinski definition) is 2. The van der Waals surface area contributed by atoms with Crippen molar-refractivity contribution in [3.63, 3.8) is 0 Å². The maximum atomic E-state index is 12.2. The SMILES string of the molecule is COc1ccc(CC(=O)Nc2ccc(C(=O)NC[C@@H]3CCCO3)cc2)cc1. The highest BCUT2D eigenvalue weighted by molar-refractivity contribution is 5.96. The first-order valence-electron chi connectivity index (χ1n) is 9.06. The Bertz CT molecular complexity index is 766. The summed E-state index contributed by atoms with van der Waals surface area (Å²) >= 11 is 0. The molecule has 2 aromatic rings. The summed E-state index contributed by atoms with van der Waals surface area (Å²) in [6.45, 7) is 1.30. The van der Waals surface area contributed by atoms with E-state index < -0.39 is 0 Å². The van der Waals surface area contributed by atoms with Crippen LogP contribution >= 0.6 is 0 Å². The van der Waals surface area contributed by atoms with Crippen molar-refractivity contribution in [3.05, 3.63) is 59.7 Å². The molecule has 1 aliphatic rings. The van der Waals surface area contributed by atoms with Crippen LogP contribution in [-0.2, 0) is 16.0 Å². The van der Waals surface area contributed by atoms with E-state index in [9.17, 15) is 9.59 Å². The van der Waals surface area contributed by atoms with Crippen LogP contribution in [0, 0.1) is 0 Å². The Balaban J connectivity index is 1.48. The van der Waals surface area contributed by atoms with Crippen molar-refractivity contribution >= 4 is 17.5 Å². The largest absolute Gasteiger partial charge is 0.497 e. The van der Waals surface area contributed by atoms with Crippen molar-refractivity contribution in [2.75, 3.05) is 25.6 Å². The number of carbonyl (C=O) groups is 2. The molecule has 1 aliphatic heterocycles. The van der Waals surface area contributed by atoms with Gasteiger partial charge in [0.2, 0.25) is 5.91 Å². The Morgan fingerprint density at radius 1 is 1.11 bits per heavy atom. The molecule has 6 nitrogen and oxygen atoms in total. The third kappa shape index (κ3) is 5.56. The second-order valence-electron chi connectivity index (χ2n) is 6.50. The lowest BCUT2D eigenvalue weighted by atomic mass is 10.1. The van der Waals surface area contributed by atoms with Crippen LogP contribution in [0.5, 0.6) is 5.75 Å². The third-order valence-corrected chi connectivity index (χ3v) is 4.47. The summed E-state index contributed by atoms with van der Waals surface area (Å²) in [4.78, 5) is 24.3. The van der Waals surface area contributed by atoms with Gasteiger partial charge in [0, 0.05) is 24.4 Å². The lowest BCUT2D eigenvalue weighted by Gasteiger charge is -2.11. The van der Waals surface area contributed by atoms with Gasteiger partial charge in [-0.05, 0) is 54.8 Å². The molecular weight excluding hydrogens is 344 g/mol. The topological polar surface area (TPSA) is 76.7 Å². The van der Waals surface area contributed by atoms with Crippen LogP contribution in [0.4, 0.5) is 5.69 Å². The zero-order valence-electron chi connectivity index (χ0n) is 15.4. The molecule has 27 heavy (non-hydrogen) atoms. The maximum Gasteiger partial charge on any atom is 0.251 e. The van der Waals surface area contributed by atoms with Crippen molar-refractivity contribution in [3.8, 4) is 5.75 Å². The van der Waals surface area contributed by atoms with E-state index in [1.807, 2.05) is 24.3 Å². The third-order valence-electron chi connectivity index (χ3n) is 4.47. The monoisotopic (exact) mass is 368 g/mol. The molecule has 1 saturated heterocycles. The summed E-state index contributed by atoms with van der Waals surface area (Å²) in [7, 11) is 1.61. The Morgan fingerprint density at radius 2 is 1.85 bits per heavy atom.